The molecule has 0 aliphatic heterocycles. The van der Waals surface area contributed by atoms with Crippen LogP contribution in [0.1, 0.15) is 42.9 Å². The summed E-state index contributed by atoms with van der Waals surface area (Å²) in [6.07, 6.45) is 4.31. The highest BCUT2D eigenvalue weighted by molar-refractivity contribution is 5.80. The van der Waals surface area contributed by atoms with E-state index < -0.39 is 6.10 Å². The minimum Gasteiger partial charge on any atom is -0.390 e. The lowest BCUT2D eigenvalue weighted by Gasteiger charge is -2.31. The van der Waals surface area contributed by atoms with Crippen molar-refractivity contribution < 1.29 is 9.90 Å². The molecule has 4 nitrogen and oxygen atoms in total. The van der Waals surface area contributed by atoms with Crippen molar-refractivity contribution in [2.45, 2.75) is 44.2 Å². The summed E-state index contributed by atoms with van der Waals surface area (Å²) in [6, 6.07) is 7.68. The van der Waals surface area contributed by atoms with E-state index >= 15 is 0 Å². The number of fused-ring (bicyclic) bond motifs is 1. The monoisotopic (exact) mass is 288 g/mol. The van der Waals surface area contributed by atoms with Gasteiger partial charge >= 0.3 is 0 Å². The Kier molecular flexibility index (Phi) is 4.27. The first kappa shape index (κ1) is 14.5. The first-order valence-electron chi connectivity index (χ1n) is 7.97. The molecule has 0 aromatic heterocycles. The first-order chi connectivity index (χ1) is 10.2. The molecule has 2 aliphatic rings. The largest absolute Gasteiger partial charge is 0.390 e. The smallest absolute Gasteiger partial charge is 0.224 e. The zero-order chi connectivity index (χ0) is 14.8. The van der Waals surface area contributed by atoms with Gasteiger partial charge in [-0.05, 0) is 36.4 Å². The maximum absolute atomic E-state index is 12.6. The third kappa shape index (κ3) is 2.83. The summed E-state index contributed by atoms with van der Waals surface area (Å²) in [6.45, 7) is 0.571. The van der Waals surface area contributed by atoms with E-state index in [-0.39, 0.29) is 23.8 Å². The van der Waals surface area contributed by atoms with Crippen molar-refractivity contribution in [2.24, 2.45) is 17.6 Å². The van der Waals surface area contributed by atoms with Crippen LogP contribution in [0, 0.1) is 11.8 Å². The number of amides is 1. The summed E-state index contributed by atoms with van der Waals surface area (Å²) in [5, 5.41) is 13.3. The highest BCUT2D eigenvalue weighted by atomic mass is 16.3. The molecule has 1 aromatic rings. The number of carbonyl (C=O) groups is 1. The molecule has 2 aliphatic carbocycles. The number of nitrogens with one attached hydrogen (secondary N) is 1. The molecular weight excluding hydrogens is 264 g/mol. The Balaban J connectivity index is 1.72. The Morgan fingerprint density at radius 3 is 2.86 bits per heavy atom. The van der Waals surface area contributed by atoms with E-state index in [1.165, 1.54) is 6.42 Å². The maximum Gasteiger partial charge on any atom is 0.224 e. The fourth-order valence-electron chi connectivity index (χ4n) is 3.84. The second kappa shape index (κ2) is 6.16. The van der Waals surface area contributed by atoms with Gasteiger partial charge in [0.25, 0.3) is 0 Å². The summed E-state index contributed by atoms with van der Waals surface area (Å²) in [4.78, 5) is 12.6. The van der Waals surface area contributed by atoms with E-state index in [0.29, 0.717) is 13.0 Å². The van der Waals surface area contributed by atoms with Crippen LogP contribution >= 0.6 is 0 Å². The van der Waals surface area contributed by atoms with Gasteiger partial charge in [0.05, 0.1) is 12.1 Å². The number of nitrogens with two attached hydrogens (primary N) is 1. The van der Waals surface area contributed by atoms with Crippen LogP contribution in [0.5, 0.6) is 0 Å². The molecule has 1 amide bonds. The molecule has 0 heterocycles. The Morgan fingerprint density at radius 2 is 2.05 bits per heavy atom. The molecule has 1 saturated carbocycles. The van der Waals surface area contributed by atoms with Gasteiger partial charge in [0.2, 0.25) is 5.91 Å². The third-order valence-electron chi connectivity index (χ3n) is 5.05. The van der Waals surface area contributed by atoms with Crippen LogP contribution in [0.4, 0.5) is 0 Å². The standard InChI is InChI=1S/C17H24N2O2/c18-10-12-6-2-4-8-14(12)17(21)19-16-13-7-3-1-5-11(13)9-15(16)20/h1,3,5,7,12,14-16,20H,2,4,6,8-10,18H2,(H,19,21)/t12?,14?,15-,16+/m0/s1. The molecule has 4 N–H and O–H groups in total. The first-order valence-corrected chi connectivity index (χ1v) is 7.97. The van der Waals surface area contributed by atoms with Crippen LogP contribution in [0.3, 0.4) is 0 Å². The molecule has 4 atom stereocenters. The molecule has 0 saturated heterocycles. The zero-order valence-electron chi connectivity index (χ0n) is 12.3. The molecule has 4 heteroatoms. The number of aliphatic hydroxyl groups is 1. The minimum atomic E-state index is -0.522. The van der Waals surface area contributed by atoms with Gasteiger partial charge < -0.3 is 16.2 Å². The Morgan fingerprint density at radius 1 is 1.29 bits per heavy atom. The van der Waals surface area contributed by atoms with E-state index in [2.05, 4.69) is 5.32 Å². The Hall–Kier alpha value is -1.39. The molecule has 0 radical (unpaired) electrons. The molecule has 0 bridgehead atoms. The van der Waals surface area contributed by atoms with Crippen molar-refractivity contribution in [1.29, 1.82) is 0 Å². The molecule has 2 unspecified atom stereocenters. The van der Waals surface area contributed by atoms with E-state index in [1.807, 2.05) is 24.3 Å². The average molecular weight is 288 g/mol. The highest BCUT2D eigenvalue weighted by Gasteiger charge is 2.36. The SMILES string of the molecule is NCC1CCCCC1C(=O)N[C@@H]1c2ccccc2C[C@@H]1O. The molecule has 21 heavy (non-hydrogen) atoms. The fraction of sp³-hybridized carbons (Fsp3) is 0.588. The predicted octanol–water partition coefficient (Wildman–Crippen LogP) is 1.53. The molecule has 0 spiro atoms. The Labute approximate surface area is 125 Å². The van der Waals surface area contributed by atoms with Crippen molar-refractivity contribution >= 4 is 5.91 Å². The number of rotatable bonds is 3. The third-order valence-corrected chi connectivity index (χ3v) is 5.05. The van der Waals surface area contributed by atoms with Gasteiger partial charge in [0.1, 0.15) is 0 Å². The van der Waals surface area contributed by atoms with E-state index in [0.717, 1.165) is 30.4 Å². The van der Waals surface area contributed by atoms with Crippen molar-refractivity contribution in [2.75, 3.05) is 6.54 Å². The van der Waals surface area contributed by atoms with Gasteiger partial charge in [0, 0.05) is 12.3 Å². The zero-order valence-corrected chi connectivity index (χ0v) is 12.3. The molecule has 114 valence electrons. The van der Waals surface area contributed by atoms with Crippen LogP contribution in [0.15, 0.2) is 24.3 Å². The fourth-order valence-corrected chi connectivity index (χ4v) is 3.84. The van der Waals surface area contributed by atoms with E-state index in [1.54, 1.807) is 0 Å². The van der Waals surface area contributed by atoms with Gasteiger partial charge in [-0.1, -0.05) is 37.1 Å². The topological polar surface area (TPSA) is 75.4 Å². The summed E-state index contributed by atoms with van der Waals surface area (Å²) in [5.41, 5.74) is 8.00. The average Bonchev–Trinajstić information content (AvgIpc) is 2.83. The minimum absolute atomic E-state index is 0.00344. The van der Waals surface area contributed by atoms with Gasteiger partial charge in [-0.15, -0.1) is 0 Å². The summed E-state index contributed by atoms with van der Waals surface area (Å²) in [5.74, 6) is 0.349. The Bertz CT molecular complexity index is 517. The molecular formula is C17H24N2O2. The molecule has 1 aromatic carbocycles. The van der Waals surface area contributed by atoms with Gasteiger partial charge in [-0.2, -0.15) is 0 Å². The molecule has 1 fully saturated rings. The highest BCUT2D eigenvalue weighted by Crippen LogP contribution is 2.34. The quantitative estimate of drug-likeness (QED) is 0.789. The molecule has 3 rings (SSSR count). The summed E-state index contributed by atoms with van der Waals surface area (Å²) < 4.78 is 0. The predicted molar refractivity (Wildman–Crippen MR) is 81.5 cm³/mol. The van der Waals surface area contributed by atoms with Crippen molar-refractivity contribution in [3.05, 3.63) is 35.4 Å². The number of hydrogen-bond acceptors (Lipinski definition) is 3. The second-order valence-electron chi connectivity index (χ2n) is 6.34. The van der Waals surface area contributed by atoms with Crippen molar-refractivity contribution in [1.82, 2.24) is 5.32 Å². The van der Waals surface area contributed by atoms with Gasteiger partial charge in [-0.25, -0.2) is 0 Å². The van der Waals surface area contributed by atoms with E-state index in [9.17, 15) is 9.90 Å². The van der Waals surface area contributed by atoms with Crippen molar-refractivity contribution in [3.8, 4) is 0 Å². The lowest BCUT2D eigenvalue weighted by atomic mass is 9.78. The van der Waals surface area contributed by atoms with Crippen LogP contribution in [-0.4, -0.2) is 23.7 Å². The van der Waals surface area contributed by atoms with Crippen LogP contribution in [0.2, 0.25) is 0 Å². The van der Waals surface area contributed by atoms with Gasteiger partial charge in [0.15, 0.2) is 0 Å². The number of hydrogen-bond donors (Lipinski definition) is 3. The van der Waals surface area contributed by atoms with Gasteiger partial charge in [-0.3, -0.25) is 4.79 Å². The second-order valence-corrected chi connectivity index (χ2v) is 6.34. The van der Waals surface area contributed by atoms with Crippen LogP contribution in [-0.2, 0) is 11.2 Å². The number of carbonyl (C=O) groups excluding carboxylic acids is 1. The lowest BCUT2D eigenvalue weighted by molar-refractivity contribution is -0.129. The number of benzene rings is 1. The summed E-state index contributed by atoms with van der Waals surface area (Å²) in [7, 11) is 0. The summed E-state index contributed by atoms with van der Waals surface area (Å²) >= 11 is 0. The van der Waals surface area contributed by atoms with Crippen LogP contribution < -0.4 is 11.1 Å². The van der Waals surface area contributed by atoms with E-state index in [4.69, 9.17) is 5.73 Å². The van der Waals surface area contributed by atoms with Crippen LogP contribution in [0.25, 0.3) is 0 Å². The lowest BCUT2D eigenvalue weighted by Crippen LogP contribution is -2.42. The maximum atomic E-state index is 12.6. The normalized spacial score (nSPS) is 31.7. The number of aliphatic hydroxyl groups excluding tert-OH is 1. The van der Waals surface area contributed by atoms with Crippen molar-refractivity contribution in [3.63, 3.8) is 0 Å².